The number of pyridine rings is 1. The number of rotatable bonds is 10. The van der Waals surface area contributed by atoms with Crippen molar-refractivity contribution in [2.45, 2.75) is 65.5 Å². The zero-order valence-corrected chi connectivity index (χ0v) is 21.1. The van der Waals surface area contributed by atoms with Crippen LogP contribution < -0.4 is 15.5 Å². The van der Waals surface area contributed by atoms with Crippen molar-refractivity contribution in [3.05, 3.63) is 23.9 Å². The van der Waals surface area contributed by atoms with Crippen molar-refractivity contribution in [3.63, 3.8) is 0 Å². The molecule has 0 spiro atoms. The van der Waals surface area contributed by atoms with E-state index in [0.29, 0.717) is 6.04 Å². The lowest BCUT2D eigenvalue weighted by molar-refractivity contribution is 0.292. The van der Waals surface area contributed by atoms with Crippen molar-refractivity contribution in [1.29, 1.82) is 0 Å². The normalized spacial score (nSPS) is 15.8. The van der Waals surface area contributed by atoms with Gasteiger partial charge in [-0.15, -0.1) is 24.0 Å². The van der Waals surface area contributed by atoms with E-state index in [2.05, 4.69) is 63.3 Å². The molecule has 29 heavy (non-hydrogen) atoms. The van der Waals surface area contributed by atoms with Gasteiger partial charge in [0.05, 0.1) is 0 Å². The first-order valence-corrected chi connectivity index (χ1v) is 11.1. The Kier molecular flexibility index (Phi) is 13.3. The number of guanidine groups is 1. The first kappa shape index (κ1) is 25.9. The summed E-state index contributed by atoms with van der Waals surface area (Å²) in [5, 5.41) is 6.97. The predicted octanol–water partition coefficient (Wildman–Crippen LogP) is 3.87. The Balaban J connectivity index is 0.00000420. The summed E-state index contributed by atoms with van der Waals surface area (Å²) < 4.78 is 0. The molecule has 166 valence electrons. The highest BCUT2D eigenvalue weighted by Crippen LogP contribution is 2.18. The number of aromatic nitrogens is 1. The Morgan fingerprint density at radius 2 is 1.97 bits per heavy atom. The standard InChI is InChI=1S/C22H40N6.HI/c1-5-27(6-2)14-10-11-19(3)26-22(23-4)25-18-20-12-13-24-21(17-20)28-15-8-7-9-16-28;/h12-13,17,19H,5-11,14-16,18H2,1-4H3,(H2,23,25,26);1H. The Morgan fingerprint density at radius 1 is 1.24 bits per heavy atom. The van der Waals surface area contributed by atoms with Crippen LogP contribution in [0.25, 0.3) is 0 Å². The van der Waals surface area contributed by atoms with E-state index in [1.54, 1.807) is 0 Å². The lowest BCUT2D eigenvalue weighted by atomic mass is 10.1. The van der Waals surface area contributed by atoms with Crippen LogP contribution in [0.15, 0.2) is 23.3 Å². The quantitative estimate of drug-likeness (QED) is 0.281. The van der Waals surface area contributed by atoms with Crippen LogP contribution >= 0.6 is 24.0 Å². The Morgan fingerprint density at radius 3 is 2.62 bits per heavy atom. The second kappa shape index (κ2) is 14.8. The van der Waals surface area contributed by atoms with E-state index < -0.39 is 0 Å². The van der Waals surface area contributed by atoms with Gasteiger partial charge in [-0.2, -0.15) is 0 Å². The smallest absolute Gasteiger partial charge is 0.191 e. The van der Waals surface area contributed by atoms with Gasteiger partial charge in [-0.25, -0.2) is 4.98 Å². The SMILES string of the molecule is CCN(CC)CCCC(C)NC(=NC)NCc1ccnc(N2CCCCC2)c1.I. The molecule has 0 radical (unpaired) electrons. The molecule has 0 amide bonds. The highest BCUT2D eigenvalue weighted by atomic mass is 127. The molecular formula is C22H41IN6. The van der Waals surface area contributed by atoms with Gasteiger partial charge in [0.15, 0.2) is 5.96 Å². The first-order chi connectivity index (χ1) is 13.7. The minimum atomic E-state index is 0. The maximum absolute atomic E-state index is 4.57. The minimum Gasteiger partial charge on any atom is -0.357 e. The van der Waals surface area contributed by atoms with E-state index in [1.165, 1.54) is 37.8 Å². The molecule has 1 unspecified atom stereocenters. The molecule has 0 aromatic carbocycles. The number of aliphatic imine (C=N–C) groups is 1. The molecule has 0 aliphatic carbocycles. The van der Waals surface area contributed by atoms with E-state index in [-0.39, 0.29) is 24.0 Å². The molecular weight excluding hydrogens is 475 g/mol. The summed E-state index contributed by atoms with van der Waals surface area (Å²) in [5.74, 6) is 1.97. The van der Waals surface area contributed by atoms with E-state index in [0.717, 1.165) is 50.9 Å². The lowest BCUT2D eigenvalue weighted by Gasteiger charge is -2.28. The molecule has 0 bridgehead atoms. The van der Waals surface area contributed by atoms with Crippen molar-refractivity contribution in [1.82, 2.24) is 20.5 Å². The van der Waals surface area contributed by atoms with Crippen molar-refractivity contribution in [3.8, 4) is 0 Å². The number of anilines is 1. The number of nitrogens with one attached hydrogen (secondary N) is 2. The minimum absolute atomic E-state index is 0. The predicted molar refractivity (Wildman–Crippen MR) is 136 cm³/mol. The van der Waals surface area contributed by atoms with Crippen molar-refractivity contribution in [2.75, 3.05) is 44.7 Å². The van der Waals surface area contributed by atoms with Crippen LogP contribution in [0, 0.1) is 0 Å². The van der Waals surface area contributed by atoms with Gasteiger partial charge >= 0.3 is 0 Å². The maximum Gasteiger partial charge on any atom is 0.191 e. The van der Waals surface area contributed by atoms with Crippen LogP contribution in [0.4, 0.5) is 5.82 Å². The van der Waals surface area contributed by atoms with Crippen LogP contribution in [0.3, 0.4) is 0 Å². The van der Waals surface area contributed by atoms with Gasteiger partial charge in [-0.3, -0.25) is 4.99 Å². The van der Waals surface area contributed by atoms with Crippen LogP contribution in [0.5, 0.6) is 0 Å². The number of hydrogen-bond acceptors (Lipinski definition) is 4. The van der Waals surface area contributed by atoms with Crippen LogP contribution in [0.1, 0.15) is 58.4 Å². The van der Waals surface area contributed by atoms with Gasteiger partial charge in [0, 0.05) is 38.9 Å². The second-order valence-electron chi connectivity index (χ2n) is 7.71. The molecule has 1 aromatic heterocycles. The average Bonchev–Trinajstić information content (AvgIpc) is 2.75. The van der Waals surface area contributed by atoms with Crippen LogP contribution in [0.2, 0.25) is 0 Å². The highest BCUT2D eigenvalue weighted by molar-refractivity contribution is 14.0. The average molecular weight is 517 g/mol. The first-order valence-electron chi connectivity index (χ1n) is 11.1. The summed E-state index contributed by atoms with van der Waals surface area (Å²) in [6, 6.07) is 4.70. The molecule has 7 heteroatoms. The topological polar surface area (TPSA) is 55.8 Å². The zero-order chi connectivity index (χ0) is 20.2. The molecule has 1 saturated heterocycles. The Hall–Kier alpha value is -1.09. The molecule has 1 aliphatic heterocycles. The molecule has 1 atom stereocenters. The molecule has 2 N–H and O–H groups in total. The van der Waals surface area contributed by atoms with Crippen molar-refractivity contribution in [2.24, 2.45) is 4.99 Å². The van der Waals surface area contributed by atoms with E-state index in [9.17, 15) is 0 Å². The van der Waals surface area contributed by atoms with Crippen molar-refractivity contribution < 1.29 is 0 Å². The Labute approximate surface area is 195 Å². The summed E-state index contributed by atoms with van der Waals surface area (Å²) in [4.78, 5) is 13.8. The fraction of sp³-hybridized carbons (Fsp3) is 0.727. The number of piperidine rings is 1. The summed E-state index contributed by atoms with van der Waals surface area (Å²) in [7, 11) is 1.84. The molecule has 1 aromatic rings. The summed E-state index contributed by atoms with van der Waals surface area (Å²) in [5.41, 5.74) is 1.24. The number of halogens is 1. The molecule has 0 saturated carbocycles. The van der Waals surface area contributed by atoms with Gasteiger partial charge in [0.2, 0.25) is 0 Å². The highest BCUT2D eigenvalue weighted by Gasteiger charge is 2.12. The largest absolute Gasteiger partial charge is 0.357 e. The van der Waals surface area contributed by atoms with E-state index >= 15 is 0 Å². The molecule has 2 rings (SSSR count). The molecule has 6 nitrogen and oxygen atoms in total. The number of nitrogens with zero attached hydrogens (tertiary/aromatic N) is 4. The van der Waals surface area contributed by atoms with Crippen LogP contribution in [-0.2, 0) is 6.54 Å². The lowest BCUT2D eigenvalue weighted by Crippen LogP contribution is -2.42. The third-order valence-electron chi connectivity index (χ3n) is 5.56. The van der Waals surface area contributed by atoms with Gasteiger partial charge in [-0.05, 0) is 76.4 Å². The Bertz CT molecular complexity index is 584. The third-order valence-corrected chi connectivity index (χ3v) is 5.56. The van der Waals surface area contributed by atoms with Gasteiger partial charge in [0.25, 0.3) is 0 Å². The van der Waals surface area contributed by atoms with E-state index in [4.69, 9.17) is 0 Å². The maximum atomic E-state index is 4.57. The molecule has 2 heterocycles. The van der Waals surface area contributed by atoms with Gasteiger partial charge in [-0.1, -0.05) is 13.8 Å². The second-order valence-corrected chi connectivity index (χ2v) is 7.71. The fourth-order valence-electron chi connectivity index (χ4n) is 3.71. The summed E-state index contributed by atoms with van der Waals surface area (Å²) >= 11 is 0. The summed E-state index contributed by atoms with van der Waals surface area (Å²) in [6.45, 7) is 13.1. The van der Waals surface area contributed by atoms with Gasteiger partial charge < -0.3 is 20.4 Å². The van der Waals surface area contributed by atoms with Crippen LogP contribution in [-0.4, -0.2) is 61.7 Å². The molecule has 1 fully saturated rings. The third kappa shape index (κ3) is 9.51. The fourth-order valence-corrected chi connectivity index (χ4v) is 3.71. The summed E-state index contributed by atoms with van der Waals surface area (Å²) in [6.07, 6.45) is 8.15. The zero-order valence-electron chi connectivity index (χ0n) is 18.8. The number of hydrogen-bond donors (Lipinski definition) is 2. The van der Waals surface area contributed by atoms with Crippen molar-refractivity contribution >= 4 is 35.8 Å². The molecule has 1 aliphatic rings. The van der Waals surface area contributed by atoms with E-state index in [1.807, 2.05) is 13.2 Å². The monoisotopic (exact) mass is 516 g/mol. The van der Waals surface area contributed by atoms with Gasteiger partial charge in [0.1, 0.15) is 5.82 Å².